The van der Waals surface area contributed by atoms with Gasteiger partial charge in [-0.1, -0.05) is 43.0 Å². The van der Waals surface area contributed by atoms with Gasteiger partial charge in [-0.25, -0.2) is 5.43 Å². The summed E-state index contributed by atoms with van der Waals surface area (Å²) in [5.41, 5.74) is 4.21. The molecule has 1 aromatic carbocycles. The zero-order valence-electron chi connectivity index (χ0n) is 13.1. The van der Waals surface area contributed by atoms with E-state index in [0.29, 0.717) is 5.02 Å². The van der Waals surface area contributed by atoms with E-state index in [-0.39, 0.29) is 6.54 Å². The van der Waals surface area contributed by atoms with Crippen molar-refractivity contribution in [2.45, 2.75) is 51.5 Å². The summed E-state index contributed by atoms with van der Waals surface area (Å²) in [5.74, 6) is -1.41. The van der Waals surface area contributed by atoms with Crippen molar-refractivity contribution in [1.82, 2.24) is 10.7 Å². The highest BCUT2D eigenvalue weighted by molar-refractivity contribution is 6.35. The third-order valence-corrected chi connectivity index (χ3v) is 4.07. The molecule has 6 heteroatoms. The summed E-state index contributed by atoms with van der Waals surface area (Å²) < 4.78 is 0. The van der Waals surface area contributed by atoms with Crippen LogP contribution in [0, 0.1) is 0 Å². The molecule has 1 aromatic rings. The van der Waals surface area contributed by atoms with Crippen LogP contribution in [0.25, 0.3) is 0 Å². The number of carbonyl (C=O) groups is 2. The molecule has 0 heterocycles. The Morgan fingerprint density at radius 2 is 1.57 bits per heavy atom. The number of hydrogen-bond acceptors (Lipinski definition) is 3. The number of amides is 2. The van der Waals surface area contributed by atoms with Gasteiger partial charge in [-0.05, 0) is 43.4 Å². The highest BCUT2D eigenvalue weighted by Gasteiger charge is 2.13. The van der Waals surface area contributed by atoms with Gasteiger partial charge in [0, 0.05) is 17.3 Å². The Morgan fingerprint density at radius 1 is 0.957 bits per heavy atom. The number of hydrogen-bond donors (Lipinski definition) is 2. The zero-order valence-corrected chi connectivity index (χ0v) is 13.9. The average Bonchev–Trinajstić information content (AvgIpc) is 2.52. The van der Waals surface area contributed by atoms with Crippen molar-refractivity contribution in [3.8, 4) is 0 Å². The van der Waals surface area contributed by atoms with Crippen LogP contribution in [0.5, 0.6) is 0 Å². The molecule has 1 aliphatic carbocycles. The molecule has 0 atom stereocenters. The summed E-state index contributed by atoms with van der Waals surface area (Å²) >= 11 is 5.80. The first-order chi connectivity index (χ1) is 11.1. The van der Waals surface area contributed by atoms with Gasteiger partial charge in [0.15, 0.2) is 0 Å². The van der Waals surface area contributed by atoms with Crippen molar-refractivity contribution in [2.24, 2.45) is 5.10 Å². The van der Waals surface area contributed by atoms with Crippen LogP contribution in [0.2, 0.25) is 5.02 Å². The molecule has 0 aromatic heterocycles. The second-order valence-corrected chi connectivity index (χ2v) is 6.13. The van der Waals surface area contributed by atoms with Gasteiger partial charge in [-0.3, -0.25) is 9.59 Å². The minimum absolute atomic E-state index is 0.278. The smallest absolute Gasteiger partial charge is 0.329 e. The molecule has 0 spiro atoms. The highest BCUT2D eigenvalue weighted by Crippen LogP contribution is 2.14. The van der Waals surface area contributed by atoms with E-state index in [2.05, 4.69) is 15.8 Å². The lowest BCUT2D eigenvalue weighted by Gasteiger charge is -2.11. The molecule has 0 aliphatic heterocycles. The van der Waals surface area contributed by atoms with E-state index in [4.69, 9.17) is 11.6 Å². The van der Waals surface area contributed by atoms with E-state index in [1.165, 1.54) is 19.3 Å². The van der Waals surface area contributed by atoms with Crippen LogP contribution >= 0.6 is 11.6 Å². The van der Waals surface area contributed by atoms with Gasteiger partial charge >= 0.3 is 11.8 Å². The molecule has 1 fully saturated rings. The first-order valence-electron chi connectivity index (χ1n) is 8.03. The predicted octanol–water partition coefficient (Wildman–Crippen LogP) is 3.17. The summed E-state index contributed by atoms with van der Waals surface area (Å²) in [4.78, 5) is 23.5. The predicted molar refractivity (Wildman–Crippen MR) is 91.2 cm³/mol. The standard InChI is InChI=1S/C17H22ClN3O2/c18-14-10-8-13(9-11-14)12-19-16(22)17(23)21-20-15-6-4-2-1-3-5-7-15/h8-11H,1-7,12H2,(H,19,22)(H,21,23). The minimum atomic E-state index is -0.728. The molecule has 124 valence electrons. The van der Waals surface area contributed by atoms with E-state index in [1.54, 1.807) is 24.3 Å². The fourth-order valence-corrected chi connectivity index (χ4v) is 2.60. The summed E-state index contributed by atoms with van der Waals surface area (Å²) in [6, 6.07) is 7.08. The SMILES string of the molecule is O=C(NCc1ccc(Cl)cc1)C(=O)NN=C1CCCCCCC1. The summed E-state index contributed by atoms with van der Waals surface area (Å²) in [6.07, 6.45) is 7.66. The lowest BCUT2D eigenvalue weighted by atomic mass is 9.99. The first kappa shape index (κ1) is 17.5. The maximum Gasteiger partial charge on any atom is 0.329 e. The van der Waals surface area contributed by atoms with Crippen LogP contribution in [0.15, 0.2) is 29.4 Å². The highest BCUT2D eigenvalue weighted by atomic mass is 35.5. The maximum atomic E-state index is 11.8. The number of carbonyl (C=O) groups excluding carboxylic acids is 2. The summed E-state index contributed by atoms with van der Waals surface area (Å²) in [6.45, 7) is 0.278. The first-order valence-corrected chi connectivity index (χ1v) is 8.41. The third kappa shape index (κ3) is 6.40. The van der Waals surface area contributed by atoms with Crippen molar-refractivity contribution in [3.05, 3.63) is 34.9 Å². The molecule has 2 amide bonds. The molecule has 1 aliphatic rings. The number of rotatable bonds is 3. The molecular weight excluding hydrogens is 314 g/mol. The van der Waals surface area contributed by atoms with Crippen molar-refractivity contribution in [1.29, 1.82) is 0 Å². The van der Waals surface area contributed by atoms with E-state index in [1.807, 2.05) is 0 Å². The van der Waals surface area contributed by atoms with Crippen LogP contribution in [0.1, 0.15) is 50.5 Å². The van der Waals surface area contributed by atoms with Gasteiger partial charge in [-0.15, -0.1) is 0 Å². The number of hydrazone groups is 1. The van der Waals surface area contributed by atoms with E-state index in [0.717, 1.165) is 37.0 Å². The van der Waals surface area contributed by atoms with Crippen molar-refractivity contribution in [3.63, 3.8) is 0 Å². The topological polar surface area (TPSA) is 70.6 Å². The van der Waals surface area contributed by atoms with Crippen LogP contribution in [-0.4, -0.2) is 17.5 Å². The fraction of sp³-hybridized carbons (Fsp3) is 0.471. The van der Waals surface area contributed by atoms with Gasteiger partial charge in [-0.2, -0.15) is 5.10 Å². The number of halogens is 1. The fourth-order valence-electron chi connectivity index (χ4n) is 2.47. The summed E-state index contributed by atoms with van der Waals surface area (Å²) in [7, 11) is 0. The van der Waals surface area contributed by atoms with Crippen LogP contribution in [0.4, 0.5) is 0 Å². The van der Waals surface area contributed by atoms with Gasteiger partial charge in [0.1, 0.15) is 0 Å². The van der Waals surface area contributed by atoms with Gasteiger partial charge in [0.25, 0.3) is 0 Å². The molecule has 2 rings (SSSR count). The monoisotopic (exact) mass is 335 g/mol. The molecular formula is C17H22ClN3O2. The van der Waals surface area contributed by atoms with Gasteiger partial charge in [0.2, 0.25) is 0 Å². The van der Waals surface area contributed by atoms with Gasteiger partial charge < -0.3 is 5.32 Å². The Hall–Kier alpha value is -1.88. The number of nitrogens with zero attached hydrogens (tertiary/aromatic N) is 1. The molecule has 2 N–H and O–H groups in total. The Labute approximate surface area is 141 Å². The zero-order chi connectivity index (χ0) is 16.5. The van der Waals surface area contributed by atoms with Crippen molar-refractivity contribution in [2.75, 3.05) is 0 Å². The molecule has 23 heavy (non-hydrogen) atoms. The summed E-state index contributed by atoms with van der Waals surface area (Å²) in [5, 5.41) is 7.31. The Morgan fingerprint density at radius 3 is 2.22 bits per heavy atom. The largest absolute Gasteiger partial charge is 0.344 e. The van der Waals surface area contributed by atoms with Crippen molar-refractivity contribution < 1.29 is 9.59 Å². The number of benzene rings is 1. The molecule has 0 radical (unpaired) electrons. The molecule has 0 unspecified atom stereocenters. The Balaban J connectivity index is 1.77. The van der Waals surface area contributed by atoms with Crippen LogP contribution < -0.4 is 10.7 Å². The molecule has 5 nitrogen and oxygen atoms in total. The second-order valence-electron chi connectivity index (χ2n) is 5.70. The number of nitrogens with one attached hydrogen (secondary N) is 2. The lowest BCUT2D eigenvalue weighted by Crippen LogP contribution is -2.37. The molecule has 0 saturated heterocycles. The van der Waals surface area contributed by atoms with E-state index >= 15 is 0 Å². The van der Waals surface area contributed by atoms with Crippen LogP contribution in [-0.2, 0) is 16.1 Å². The van der Waals surface area contributed by atoms with Crippen LogP contribution in [0.3, 0.4) is 0 Å². The second kappa shape index (κ2) is 9.30. The molecule has 0 bridgehead atoms. The van der Waals surface area contributed by atoms with E-state index < -0.39 is 11.8 Å². The quantitative estimate of drug-likeness (QED) is 0.658. The maximum absolute atomic E-state index is 11.8. The average molecular weight is 336 g/mol. The third-order valence-electron chi connectivity index (χ3n) is 3.82. The molecule has 1 saturated carbocycles. The Kier molecular flexibility index (Phi) is 7.07. The Bertz CT molecular complexity index is 560. The van der Waals surface area contributed by atoms with Gasteiger partial charge in [0.05, 0.1) is 0 Å². The lowest BCUT2D eigenvalue weighted by molar-refractivity contribution is -0.139. The van der Waals surface area contributed by atoms with E-state index in [9.17, 15) is 9.59 Å². The van der Waals surface area contributed by atoms with Crippen molar-refractivity contribution >= 4 is 29.1 Å². The normalized spacial score (nSPS) is 15.3. The minimum Gasteiger partial charge on any atom is -0.344 e.